The average Bonchev–Trinajstić information content (AvgIpc) is 2.93. The molecule has 3 nitrogen and oxygen atoms in total. The molecule has 0 aliphatic heterocycles. The van der Waals surface area contributed by atoms with E-state index in [1.165, 1.54) is 12.1 Å². The van der Waals surface area contributed by atoms with Crippen molar-refractivity contribution in [1.29, 1.82) is 0 Å². The molecular formula is C17H11BrFN3S. The Kier molecular flexibility index (Phi) is 3.79. The van der Waals surface area contributed by atoms with E-state index in [1.807, 2.05) is 12.1 Å². The summed E-state index contributed by atoms with van der Waals surface area (Å²) >= 11 is 5.11. The lowest BCUT2D eigenvalue weighted by Gasteiger charge is -2.02. The van der Waals surface area contributed by atoms with E-state index in [0.29, 0.717) is 0 Å². The van der Waals surface area contributed by atoms with Crippen molar-refractivity contribution in [3.8, 4) is 0 Å². The number of aromatic amines is 1. The van der Waals surface area contributed by atoms with Gasteiger partial charge in [-0.25, -0.2) is 14.4 Å². The first-order valence-corrected chi connectivity index (χ1v) is 8.78. The number of hydrogen-bond donors (Lipinski definition) is 1. The number of nitrogens with one attached hydrogen (secondary N) is 1. The monoisotopic (exact) mass is 387 g/mol. The third-order valence-electron chi connectivity index (χ3n) is 3.60. The maximum atomic E-state index is 13.0. The second-order valence-electron chi connectivity index (χ2n) is 5.13. The molecule has 0 atom stereocenters. The van der Waals surface area contributed by atoms with Gasteiger partial charge in [-0.05, 0) is 35.9 Å². The van der Waals surface area contributed by atoms with Gasteiger partial charge in [-0.3, -0.25) is 0 Å². The Morgan fingerprint density at radius 2 is 1.91 bits per heavy atom. The molecule has 4 aromatic rings. The molecule has 0 saturated carbocycles. The molecule has 1 N–H and O–H groups in total. The van der Waals surface area contributed by atoms with Gasteiger partial charge in [0, 0.05) is 21.1 Å². The molecule has 23 heavy (non-hydrogen) atoms. The first-order valence-electron chi connectivity index (χ1n) is 7.00. The van der Waals surface area contributed by atoms with Gasteiger partial charge in [0.25, 0.3) is 0 Å². The van der Waals surface area contributed by atoms with E-state index in [9.17, 15) is 4.39 Å². The molecule has 0 radical (unpaired) electrons. The molecule has 6 heteroatoms. The Bertz CT molecular complexity index is 998. The first kappa shape index (κ1) is 14.7. The van der Waals surface area contributed by atoms with Crippen molar-refractivity contribution in [2.24, 2.45) is 0 Å². The molecule has 114 valence electrons. The van der Waals surface area contributed by atoms with E-state index in [2.05, 4.69) is 36.9 Å². The minimum atomic E-state index is -0.218. The molecular weight excluding hydrogens is 377 g/mol. The van der Waals surface area contributed by atoms with Crippen molar-refractivity contribution < 1.29 is 4.39 Å². The zero-order chi connectivity index (χ0) is 15.8. The molecule has 0 aliphatic carbocycles. The highest BCUT2D eigenvalue weighted by Crippen LogP contribution is 2.32. The first-order chi connectivity index (χ1) is 11.2. The molecule has 0 spiro atoms. The van der Waals surface area contributed by atoms with Gasteiger partial charge < -0.3 is 4.98 Å². The van der Waals surface area contributed by atoms with Crippen LogP contribution in [-0.4, -0.2) is 15.0 Å². The number of H-pyrrole nitrogens is 1. The van der Waals surface area contributed by atoms with Crippen LogP contribution in [0.2, 0.25) is 0 Å². The molecule has 2 aromatic carbocycles. The molecule has 0 amide bonds. The largest absolute Gasteiger partial charge is 0.351 e. The Morgan fingerprint density at radius 1 is 1.09 bits per heavy atom. The Hall–Kier alpha value is -1.92. The van der Waals surface area contributed by atoms with Crippen LogP contribution in [0.25, 0.3) is 21.9 Å². The van der Waals surface area contributed by atoms with Crippen LogP contribution in [0, 0.1) is 5.82 Å². The zero-order valence-corrected chi connectivity index (χ0v) is 14.3. The van der Waals surface area contributed by atoms with Crippen LogP contribution in [0.5, 0.6) is 0 Å². The van der Waals surface area contributed by atoms with Gasteiger partial charge in [0.15, 0.2) is 0 Å². The topological polar surface area (TPSA) is 41.6 Å². The number of thioether (sulfide) groups is 1. The highest BCUT2D eigenvalue weighted by molar-refractivity contribution is 9.10. The normalized spacial score (nSPS) is 11.4. The van der Waals surface area contributed by atoms with Gasteiger partial charge in [0.2, 0.25) is 0 Å². The summed E-state index contributed by atoms with van der Waals surface area (Å²) < 4.78 is 14.0. The standard InChI is InChI=1S/C17H11BrFN3S/c18-11-3-6-14-13(7-11)15-16(22-14)17(21-9-20-15)23-8-10-1-4-12(19)5-2-10/h1-7,9,22H,8H2. The van der Waals surface area contributed by atoms with Gasteiger partial charge in [-0.15, -0.1) is 0 Å². The summed E-state index contributed by atoms with van der Waals surface area (Å²) in [6, 6.07) is 12.6. The van der Waals surface area contributed by atoms with Crippen molar-refractivity contribution in [2.75, 3.05) is 0 Å². The van der Waals surface area contributed by atoms with Crippen LogP contribution in [0.3, 0.4) is 0 Å². The van der Waals surface area contributed by atoms with Crippen LogP contribution in [0.4, 0.5) is 4.39 Å². The summed E-state index contributed by atoms with van der Waals surface area (Å²) in [7, 11) is 0. The predicted molar refractivity (Wildman–Crippen MR) is 95.1 cm³/mol. The molecule has 2 heterocycles. The molecule has 0 fully saturated rings. The fraction of sp³-hybridized carbons (Fsp3) is 0.0588. The van der Waals surface area contributed by atoms with Gasteiger partial charge in [-0.2, -0.15) is 0 Å². The Balaban J connectivity index is 1.72. The molecule has 0 bridgehead atoms. The summed E-state index contributed by atoms with van der Waals surface area (Å²) in [5.74, 6) is 0.509. The number of halogens is 2. The van der Waals surface area contributed by atoms with Gasteiger partial charge in [-0.1, -0.05) is 39.8 Å². The van der Waals surface area contributed by atoms with Crippen LogP contribution in [0.15, 0.2) is 58.3 Å². The highest BCUT2D eigenvalue weighted by atomic mass is 79.9. The minimum absolute atomic E-state index is 0.218. The summed E-state index contributed by atoms with van der Waals surface area (Å²) in [6.45, 7) is 0. The lowest BCUT2D eigenvalue weighted by atomic mass is 10.2. The van der Waals surface area contributed by atoms with Gasteiger partial charge >= 0.3 is 0 Å². The number of rotatable bonds is 3. The number of aromatic nitrogens is 3. The van der Waals surface area contributed by atoms with E-state index in [1.54, 1.807) is 30.2 Å². The van der Waals surface area contributed by atoms with Crippen molar-refractivity contribution in [2.45, 2.75) is 10.8 Å². The van der Waals surface area contributed by atoms with Crippen molar-refractivity contribution in [3.05, 3.63) is 64.6 Å². The second kappa shape index (κ2) is 5.94. The molecule has 0 aliphatic rings. The lowest BCUT2D eigenvalue weighted by Crippen LogP contribution is -1.87. The number of hydrogen-bond acceptors (Lipinski definition) is 3. The number of benzene rings is 2. The van der Waals surface area contributed by atoms with E-state index in [4.69, 9.17) is 0 Å². The van der Waals surface area contributed by atoms with Gasteiger partial charge in [0.1, 0.15) is 22.7 Å². The second-order valence-corrected chi connectivity index (χ2v) is 7.01. The summed E-state index contributed by atoms with van der Waals surface area (Å²) in [4.78, 5) is 12.2. The maximum Gasteiger partial charge on any atom is 0.124 e. The SMILES string of the molecule is Fc1ccc(CSc2ncnc3c2[nH]c2ccc(Br)cc23)cc1. The van der Waals surface area contributed by atoms with Crippen molar-refractivity contribution in [1.82, 2.24) is 15.0 Å². The third kappa shape index (κ3) is 2.84. The highest BCUT2D eigenvalue weighted by Gasteiger charge is 2.11. The van der Waals surface area contributed by atoms with E-state index >= 15 is 0 Å². The number of nitrogens with zero attached hydrogens (tertiary/aromatic N) is 2. The third-order valence-corrected chi connectivity index (χ3v) is 5.15. The van der Waals surface area contributed by atoms with Crippen LogP contribution < -0.4 is 0 Å². The Labute approximate surface area is 144 Å². The fourth-order valence-corrected chi connectivity index (χ4v) is 3.75. The summed E-state index contributed by atoms with van der Waals surface area (Å²) in [5.41, 5.74) is 3.94. The molecule has 0 saturated heterocycles. The van der Waals surface area contributed by atoms with Crippen LogP contribution >= 0.6 is 27.7 Å². The van der Waals surface area contributed by atoms with Crippen LogP contribution in [-0.2, 0) is 5.75 Å². The lowest BCUT2D eigenvalue weighted by molar-refractivity contribution is 0.627. The maximum absolute atomic E-state index is 13.0. The quantitative estimate of drug-likeness (QED) is 0.382. The van der Waals surface area contributed by atoms with E-state index in [-0.39, 0.29) is 5.82 Å². The molecule has 2 aromatic heterocycles. The van der Waals surface area contributed by atoms with Gasteiger partial charge in [0.05, 0.1) is 5.52 Å². The van der Waals surface area contributed by atoms with E-state index < -0.39 is 0 Å². The fourth-order valence-electron chi connectivity index (χ4n) is 2.48. The zero-order valence-electron chi connectivity index (χ0n) is 11.9. The Morgan fingerprint density at radius 3 is 2.74 bits per heavy atom. The smallest absolute Gasteiger partial charge is 0.124 e. The summed E-state index contributed by atoms with van der Waals surface area (Å²) in [6.07, 6.45) is 1.59. The molecule has 4 rings (SSSR count). The van der Waals surface area contributed by atoms with E-state index in [0.717, 1.165) is 42.8 Å². The van der Waals surface area contributed by atoms with Crippen molar-refractivity contribution in [3.63, 3.8) is 0 Å². The average molecular weight is 388 g/mol. The minimum Gasteiger partial charge on any atom is -0.351 e. The van der Waals surface area contributed by atoms with Crippen LogP contribution in [0.1, 0.15) is 5.56 Å². The van der Waals surface area contributed by atoms with Crippen molar-refractivity contribution >= 4 is 49.6 Å². The molecule has 0 unspecified atom stereocenters. The number of fused-ring (bicyclic) bond motifs is 3. The predicted octanol–water partition coefficient (Wildman–Crippen LogP) is 5.31. The summed E-state index contributed by atoms with van der Waals surface area (Å²) in [5, 5.41) is 1.96.